The number of aliphatic carboxylic acids is 1. The van der Waals surface area contributed by atoms with Crippen LogP contribution in [-0.4, -0.2) is 11.1 Å². The Morgan fingerprint density at radius 3 is 2.20 bits per heavy atom. The summed E-state index contributed by atoms with van der Waals surface area (Å²) < 4.78 is 0.727. The lowest BCUT2D eigenvalue weighted by Crippen LogP contribution is -2.20. The van der Waals surface area contributed by atoms with E-state index in [4.69, 9.17) is 23.2 Å². The first kappa shape index (κ1) is 15.2. The zero-order chi connectivity index (χ0) is 14.7. The summed E-state index contributed by atoms with van der Waals surface area (Å²) in [6.07, 6.45) is 0. The summed E-state index contributed by atoms with van der Waals surface area (Å²) in [4.78, 5) is 11.4. The summed E-state index contributed by atoms with van der Waals surface area (Å²) in [6.45, 7) is 0. The highest BCUT2D eigenvalue weighted by Gasteiger charge is 2.21. The van der Waals surface area contributed by atoms with Crippen LogP contribution in [0.5, 0.6) is 0 Å². The van der Waals surface area contributed by atoms with Gasteiger partial charge in [0.1, 0.15) is 0 Å². The van der Waals surface area contributed by atoms with E-state index >= 15 is 0 Å². The molecule has 2 N–H and O–H groups in total. The van der Waals surface area contributed by atoms with Crippen LogP contribution in [-0.2, 0) is 4.79 Å². The van der Waals surface area contributed by atoms with Crippen LogP contribution in [0, 0.1) is 0 Å². The number of carboxylic acid groups (broad SMARTS) is 1. The molecular formula is C14H10BrCl2NO2. The van der Waals surface area contributed by atoms with Crippen LogP contribution in [0.4, 0.5) is 5.69 Å². The Labute approximate surface area is 134 Å². The first-order valence-corrected chi connectivity index (χ1v) is 7.23. The van der Waals surface area contributed by atoms with Crippen molar-refractivity contribution in [1.29, 1.82) is 0 Å². The third kappa shape index (κ3) is 3.45. The number of hydrogen-bond donors (Lipinski definition) is 2. The SMILES string of the molecule is O=C(O)C(Nc1c(Cl)cc(Br)cc1Cl)c1ccccc1. The number of hydrogen-bond acceptors (Lipinski definition) is 2. The van der Waals surface area contributed by atoms with Gasteiger partial charge in [-0.3, -0.25) is 0 Å². The Hall–Kier alpha value is -1.23. The van der Waals surface area contributed by atoms with Crippen molar-refractivity contribution >= 4 is 50.8 Å². The molecule has 20 heavy (non-hydrogen) atoms. The maximum absolute atomic E-state index is 11.4. The normalized spacial score (nSPS) is 11.9. The standard InChI is InChI=1S/C14H10BrCl2NO2/c15-9-6-10(16)13(11(17)7-9)18-12(14(19)20)8-4-2-1-3-5-8/h1-7,12,18H,(H,19,20). The first-order chi connectivity index (χ1) is 9.49. The van der Waals surface area contributed by atoms with Crippen LogP contribution >= 0.6 is 39.1 Å². The third-order valence-electron chi connectivity index (χ3n) is 2.68. The van der Waals surface area contributed by atoms with E-state index in [1.165, 1.54) is 0 Å². The molecule has 6 heteroatoms. The predicted molar refractivity (Wildman–Crippen MR) is 84.6 cm³/mol. The van der Waals surface area contributed by atoms with Crippen LogP contribution in [0.25, 0.3) is 0 Å². The van der Waals surface area contributed by atoms with Gasteiger partial charge >= 0.3 is 5.97 Å². The van der Waals surface area contributed by atoms with Crippen molar-refractivity contribution in [3.8, 4) is 0 Å². The highest BCUT2D eigenvalue weighted by atomic mass is 79.9. The van der Waals surface area contributed by atoms with Gasteiger partial charge in [0.05, 0.1) is 15.7 Å². The molecule has 104 valence electrons. The highest BCUT2D eigenvalue weighted by molar-refractivity contribution is 9.10. The fraction of sp³-hybridized carbons (Fsp3) is 0.0714. The van der Waals surface area contributed by atoms with Gasteiger partial charge in [0.15, 0.2) is 6.04 Å². The number of benzene rings is 2. The molecule has 2 aromatic rings. The number of carboxylic acids is 1. The molecule has 0 fully saturated rings. The zero-order valence-electron chi connectivity index (χ0n) is 10.1. The lowest BCUT2D eigenvalue weighted by atomic mass is 10.1. The summed E-state index contributed by atoms with van der Waals surface area (Å²) in [5.74, 6) is -1.01. The van der Waals surface area contributed by atoms with E-state index in [9.17, 15) is 9.90 Å². The Balaban J connectivity index is 2.38. The van der Waals surface area contributed by atoms with E-state index in [0.717, 1.165) is 4.47 Å². The molecule has 0 aliphatic heterocycles. The molecule has 0 heterocycles. The van der Waals surface area contributed by atoms with Crippen molar-refractivity contribution in [2.75, 3.05) is 5.32 Å². The Morgan fingerprint density at radius 2 is 1.70 bits per heavy atom. The summed E-state index contributed by atoms with van der Waals surface area (Å²) >= 11 is 15.5. The van der Waals surface area contributed by atoms with E-state index in [1.807, 2.05) is 6.07 Å². The minimum atomic E-state index is -1.01. The number of anilines is 1. The van der Waals surface area contributed by atoms with Crippen molar-refractivity contribution in [2.24, 2.45) is 0 Å². The van der Waals surface area contributed by atoms with Crippen molar-refractivity contribution in [3.63, 3.8) is 0 Å². The maximum atomic E-state index is 11.4. The van der Waals surface area contributed by atoms with Gasteiger partial charge in [-0.05, 0) is 17.7 Å². The zero-order valence-corrected chi connectivity index (χ0v) is 13.2. The smallest absolute Gasteiger partial charge is 0.330 e. The molecule has 0 saturated heterocycles. The fourth-order valence-corrected chi connectivity index (χ4v) is 3.08. The molecule has 1 atom stereocenters. The molecule has 0 aromatic heterocycles. The molecule has 0 aliphatic rings. The van der Waals surface area contributed by atoms with E-state index in [0.29, 0.717) is 21.3 Å². The van der Waals surface area contributed by atoms with Gasteiger partial charge in [0.2, 0.25) is 0 Å². The fourth-order valence-electron chi connectivity index (χ4n) is 1.76. The third-order valence-corrected chi connectivity index (χ3v) is 3.73. The summed E-state index contributed by atoms with van der Waals surface area (Å²) in [6, 6.07) is 11.2. The molecule has 0 saturated carbocycles. The van der Waals surface area contributed by atoms with Gasteiger partial charge < -0.3 is 10.4 Å². The Kier molecular flexibility index (Phi) is 4.91. The average molecular weight is 375 g/mol. The second-order valence-electron chi connectivity index (χ2n) is 4.07. The van der Waals surface area contributed by atoms with Crippen LogP contribution in [0.15, 0.2) is 46.9 Å². The maximum Gasteiger partial charge on any atom is 0.330 e. The van der Waals surface area contributed by atoms with E-state index < -0.39 is 12.0 Å². The second-order valence-corrected chi connectivity index (χ2v) is 5.80. The molecule has 0 bridgehead atoms. The van der Waals surface area contributed by atoms with Gasteiger partial charge in [0.25, 0.3) is 0 Å². The summed E-state index contributed by atoms with van der Waals surface area (Å²) in [5, 5.41) is 12.9. The minimum absolute atomic E-state index is 0.353. The Morgan fingerprint density at radius 1 is 1.15 bits per heavy atom. The highest BCUT2D eigenvalue weighted by Crippen LogP contribution is 2.36. The predicted octanol–water partition coefficient (Wildman–Crippen LogP) is 4.99. The number of carbonyl (C=O) groups is 1. The largest absolute Gasteiger partial charge is 0.479 e. The molecule has 0 amide bonds. The van der Waals surface area contributed by atoms with E-state index in [-0.39, 0.29) is 0 Å². The number of halogens is 3. The van der Waals surface area contributed by atoms with Crippen molar-refractivity contribution in [3.05, 3.63) is 62.5 Å². The molecule has 2 aromatic carbocycles. The molecule has 0 aliphatic carbocycles. The van der Waals surface area contributed by atoms with Gasteiger partial charge in [-0.15, -0.1) is 0 Å². The molecule has 0 spiro atoms. The van der Waals surface area contributed by atoms with E-state index in [2.05, 4.69) is 21.2 Å². The summed E-state index contributed by atoms with van der Waals surface area (Å²) in [7, 11) is 0. The van der Waals surface area contributed by atoms with Crippen molar-refractivity contribution in [2.45, 2.75) is 6.04 Å². The van der Waals surface area contributed by atoms with Crippen molar-refractivity contribution in [1.82, 2.24) is 0 Å². The average Bonchev–Trinajstić information content (AvgIpc) is 2.38. The van der Waals surface area contributed by atoms with Gasteiger partial charge in [-0.1, -0.05) is 69.5 Å². The van der Waals surface area contributed by atoms with E-state index in [1.54, 1.807) is 36.4 Å². The van der Waals surface area contributed by atoms with Crippen LogP contribution in [0.1, 0.15) is 11.6 Å². The van der Waals surface area contributed by atoms with Gasteiger partial charge in [0, 0.05) is 4.47 Å². The minimum Gasteiger partial charge on any atom is -0.479 e. The molecule has 3 nitrogen and oxygen atoms in total. The summed E-state index contributed by atoms with van der Waals surface area (Å²) in [5.41, 5.74) is 1.02. The van der Waals surface area contributed by atoms with Crippen LogP contribution in [0.3, 0.4) is 0 Å². The molecule has 1 unspecified atom stereocenters. The molecule has 0 radical (unpaired) electrons. The van der Waals surface area contributed by atoms with Crippen LogP contribution < -0.4 is 5.32 Å². The lowest BCUT2D eigenvalue weighted by Gasteiger charge is -2.18. The van der Waals surface area contributed by atoms with Crippen LogP contribution in [0.2, 0.25) is 10.0 Å². The van der Waals surface area contributed by atoms with Gasteiger partial charge in [-0.2, -0.15) is 0 Å². The topological polar surface area (TPSA) is 49.3 Å². The monoisotopic (exact) mass is 373 g/mol. The molecular weight excluding hydrogens is 365 g/mol. The first-order valence-electron chi connectivity index (χ1n) is 5.68. The van der Waals surface area contributed by atoms with Gasteiger partial charge in [-0.25, -0.2) is 4.79 Å². The molecule has 2 rings (SSSR count). The second kappa shape index (κ2) is 6.48. The lowest BCUT2D eigenvalue weighted by molar-refractivity contribution is -0.138. The van der Waals surface area contributed by atoms with Crippen molar-refractivity contribution < 1.29 is 9.90 Å². The Bertz CT molecular complexity index is 611. The number of rotatable bonds is 4. The number of nitrogens with one attached hydrogen (secondary N) is 1. The quantitative estimate of drug-likeness (QED) is 0.792.